The van der Waals surface area contributed by atoms with Crippen LogP contribution >= 0.6 is 22.9 Å². The molecule has 2 fully saturated rings. The molecule has 2 aliphatic heterocycles. The number of amides is 1. The topological polar surface area (TPSA) is 131 Å². The summed E-state index contributed by atoms with van der Waals surface area (Å²) >= 11 is 7.18. The second-order valence-corrected chi connectivity index (χ2v) is 13.0. The smallest absolute Gasteiger partial charge is 0.327 e. The number of likely N-dealkylation sites (tertiary alicyclic amines) is 1. The molecule has 2 aromatic carbocycles. The summed E-state index contributed by atoms with van der Waals surface area (Å²) in [6.45, 7) is 1.18. The summed E-state index contributed by atoms with van der Waals surface area (Å²) in [5.74, 6) is -1.41. The van der Waals surface area contributed by atoms with E-state index in [-0.39, 0.29) is 17.3 Å². The first kappa shape index (κ1) is 25.7. The number of carboxylic acid groups (broad SMARTS) is 1. The van der Waals surface area contributed by atoms with E-state index in [1.807, 2.05) is 4.90 Å². The molecule has 12 heteroatoms. The fourth-order valence-corrected chi connectivity index (χ4v) is 8.49. The summed E-state index contributed by atoms with van der Waals surface area (Å²) in [5.41, 5.74) is 1.06. The van der Waals surface area contributed by atoms with Crippen molar-refractivity contribution in [1.82, 2.24) is 15.1 Å². The number of nitrogens with zero attached hydrogens (tertiary/aromatic N) is 2. The van der Waals surface area contributed by atoms with Crippen LogP contribution in [0.25, 0.3) is 10.1 Å². The summed E-state index contributed by atoms with van der Waals surface area (Å²) in [7, 11) is -4.09. The van der Waals surface area contributed by atoms with Crippen LogP contribution in [0.1, 0.15) is 29.3 Å². The average Bonchev–Trinajstić information content (AvgIpc) is 3.54. The maximum absolute atomic E-state index is 14.1. The zero-order valence-corrected chi connectivity index (χ0v) is 22.1. The molecule has 3 heterocycles. The van der Waals surface area contributed by atoms with E-state index in [4.69, 9.17) is 17.0 Å². The lowest BCUT2D eigenvalue weighted by molar-refractivity contribution is -0.145. The maximum atomic E-state index is 14.1. The predicted molar refractivity (Wildman–Crippen MR) is 142 cm³/mol. The molecular weight excluding hydrogens is 536 g/mol. The number of halogens is 1. The number of sulfone groups is 1. The second-order valence-electron chi connectivity index (χ2n) is 9.20. The van der Waals surface area contributed by atoms with Gasteiger partial charge in [0.05, 0.1) is 6.54 Å². The summed E-state index contributed by atoms with van der Waals surface area (Å²) in [6.07, 6.45) is 2.06. The molecule has 37 heavy (non-hydrogen) atoms. The molecule has 0 bridgehead atoms. The van der Waals surface area contributed by atoms with Crippen molar-refractivity contribution in [2.24, 2.45) is 0 Å². The van der Waals surface area contributed by atoms with Gasteiger partial charge in [0.15, 0.2) is 0 Å². The van der Waals surface area contributed by atoms with Gasteiger partial charge in [-0.3, -0.25) is 15.1 Å². The number of carboxylic acids is 1. The number of hydrogen-bond acceptors (Lipinski definition) is 7. The lowest BCUT2D eigenvalue weighted by Crippen LogP contribution is -2.58. The van der Waals surface area contributed by atoms with E-state index in [1.54, 1.807) is 48.5 Å². The Morgan fingerprint density at radius 1 is 1.14 bits per heavy atom. The Balaban J connectivity index is 1.56. The number of hydrogen-bond donors (Lipinski definition) is 3. The van der Waals surface area contributed by atoms with Crippen LogP contribution in [0.3, 0.4) is 0 Å². The molecular formula is C25H25ClN4O5S2. The zero-order chi connectivity index (χ0) is 26.3. The third-order valence-electron chi connectivity index (χ3n) is 6.65. The van der Waals surface area contributed by atoms with Gasteiger partial charge in [-0.2, -0.15) is 0 Å². The molecule has 3 aromatic rings. The molecule has 2 atom stereocenters. The first-order chi connectivity index (χ1) is 17.6. The Kier molecular flexibility index (Phi) is 6.97. The van der Waals surface area contributed by atoms with Gasteiger partial charge in [-0.1, -0.05) is 41.9 Å². The third-order valence-corrected chi connectivity index (χ3v) is 10.6. The van der Waals surface area contributed by atoms with Gasteiger partial charge in [-0.05, 0) is 42.0 Å². The number of carbonyl (C=O) groups excluding carboxylic acids is 1. The molecule has 9 nitrogen and oxygen atoms in total. The van der Waals surface area contributed by atoms with Crippen molar-refractivity contribution < 1.29 is 23.1 Å². The number of benzene rings is 2. The fraction of sp³-hybridized carbons (Fsp3) is 0.320. The van der Waals surface area contributed by atoms with Gasteiger partial charge in [-0.15, -0.1) is 11.3 Å². The molecule has 2 saturated heterocycles. The molecule has 1 aromatic heterocycles. The van der Waals surface area contributed by atoms with Crippen molar-refractivity contribution >= 4 is 60.6 Å². The van der Waals surface area contributed by atoms with Crippen molar-refractivity contribution in [3.05, 3.63) is 64.7 Å². The van der Waals surface area contributed by atoms with E-state index < -0.39 is 33.1 Å². The van der Waals surface area contributed by atoms with Crippen molar-refractivity contribution in [3.8, 4) is 0 Å². The Morgan fingerprint density at radius 2 is 1.84 bits per heavy atom. The van der Waals surface area contributed by atoms with Crippen LogP contribution in [-0.2, 0) is 19.4 Å². The molecule has 3 N–H and O–H groups in total. The number of amidine groups is 1. The van der Waals surface area contributed by atoms with Gasteiger partial charge >= 0.3 is 5.97 Å². The number of aliphatic carboxylic acids is 1. The SMILES string of the molecule is N=C(c1ccc(C(N2CC(=O)N[C@@H](C(=O)O)C2)S(=O)(=O)c2cc3ccc(Cl)cc3s2)cc1)N1CCCC1. The van der Waals surface area contributed by atoms with Gasteiger partial charge in [0.1, 0.15) is 21.5 Å². The van der Waals surface area contributed by atoms with E-state index in [2.05, 4.69) is 5.32 Å². The highest BCUT2D eigenvalue weighted by atomic mass is 35.5. The second kappa shape index (κ2) is 10.1. The van der Waals surface area contributed by atoms with E-state index in [1.165, 1.54) is 4.90 Å². The van der Waals surface area contributed by atoms with Crippen molar-refractivity contribution in [3.63, 3.8) is 0 Å². The highest BCUT2D eigenvalue weighted by Gasteiger charge is 2.41. The van der Waals surface area contributed by atoms with E-state index in [9.17, 15) is 23.1 Å². The minimum atomic E-state index is -4.09. The molecule has 5 rings (SSSR count). The highest BCUT2D eigenvalue weighted by Crippen LogP contribution is 2.39. The Labute approximate surface area is 223 Å². The number of thiophene rings is 1. The lowest BCUT2D eigenvalue weighted by atomic mass is 10.1. The summed E-state index contributed by atoms with van der Waals surface area (Å²) in [4.78, 5) is 27.5. The first-order valence-corrected chi connectivity index (χ1v) is 14.5. The summed E-state index contributed by atoms with van der Waals surface area (Å²) in [5, 5.41) is 20.4. The molecule has 2 aliphatic rings. The standard InChI is InChI=1S/C25H25ClN4O5S2/c26-18-8-7-17-11-22(36-20(17)12-18)37(34,35)24(30-13-19(25(32)33)28-21(31)14-30)16-5-3-15(4-6-16)23(27)29-9-1-2-10-29/h3-8,11-12,19,24,27H,1-2,9-10,13-14H2,(H,28,31)(H,32,33)/t19-,24?/m1/s1. The number of rotatable bonds is 6. The number of piperazine rings is 1. The first-order valence-electron chi connectivity index (χ1n) is 11.8. The molecule has 0 spiro atoms. The lowest BCUT2D eigenvalue weighted by Gasteiger charge is -2.36. The van der Waals surface area contributed by atoms with Crippen LogP contribution < -0.4 is 5.32 Å². The molecule has 0 aliphatic carbocycles. The molecule has 1 unspecified atom stereocenters. The number of fused-ring (bicyclic) bond motifs is 1. The van der Waals surface area contributed by atoms with E-state index >= 15 is 0 Å². The Morgan fingerprint density at radius 3 is 2.51 bits per heavy atom. The quantitative estimate of drug-likeness (QED) is 0.311. The van der Waals surface area contributed by atoms with Crippen molar-refractivity contribution in [2.75, 3.05) is 26.2 Å². The molecule has 1 amide bonds. The zero-order valence-electron chi connectivity index (χ0n) is 19.7. The Hall–Kier alpha value is -2.99. The minimum absolute atomic E-state index is 0.0986. The van der Waals surface area contributed by atoms with E-state index in [0.29, 0.717) is 26.7 Å². The van der Waals surface area contributed by atoms with Crippen LogP contribution in [0, 0.1) is 5.41 Å². The number of nitrogens with one attached hydrogen (secondary N) is 2. The van der Waals surface area contributed by atoms with Crippen LogP contribution in [0.4, 0.5) is 0 Å². The maximum Gasteiger partial charge on any atom is 0.327 e. The van der Waals surface area contributed by atoms with Gasteiger partial charge < -0.3 is 15.3 Å². The van der Waals surface area contributed by atoms with Crippen LogP contribution in [0.2, 0.25) is 5.02 Å². The monoisotopic (exact) mass is 560 g/mol. The average molecular weight is 561 g/mol. The summed E-state index contributed by atoms with van der Waals surface area (Å²) < 4.78 is 29.0. The van der Waals surface area contributed by atoms with Crippen LogP contribution in [0.5, 0.6) is 0 Å². The van der Waals surface area contributed by atoms with E-state index in [0.717, 1.165) is 42.7 Å². The fourth-order valence-electron chi connectivity index (χ4n) is 4.83. The predicted octanol–water partition coefficient (Wildman–Crippen LogP) is 3.33. The molecule has 0 radical (unpaired) electrons. The van der Waals surface area contributed by atoms with Crippen LogP contribution in [0.15, 0.2) is 52.7 Å². The third kappa shape index (κ3) is 5.08. The van der Waals surface area contributed by atoms with Crippen LogP contribution in [-0.4, -0.2) is 73.3 Å². The van der Waals surface area contributed by atoms with Crippen molar-refractivity contribution in [2.45, 2.75) is 28.5 Å². The van der Waals surface area contributed by atoms with Crippen molar-refractivity contribution in [1.29, 1.82) is 5.41 Å². The number of carbonyl (C=O) groups is 2. The summed E-state index contributed by atoms with van der Waals surface area (Å²) in [6, 6.07) is 12.2. The highest BCUT2D eigenvalue weighted by molar-refractivity contribution is 7.93. The Bertz CT molecular complexity index is 1480. The van der Waals surface area contributed by atoms with Gasteiger partial charge in [-0.25, -0.2) is 13.2 Å². The largest absolute Gasteiger partial charge is 0.480 e. The molecule has 194 valence electrons. The van der Waals surface area contributed by atoms with Gasteiger partial charge in [0.25, 0.3) is 0 Å². The minimum Gasteiger partial charge on any atom is -0.480 e. The van der Waals surface area contributed by atoms with Gasteiger partial charge in [0.2, 0.25) is 15.7 Å². The molecule has 0 saturated carbocycles. The normalized spacial score (nSPS) is 19.6. The van der Waals surface area contributed by atoms with Gasteiger partial charge in [0, 0.05) is 34.9 Å².